The molecular weight excluding hydrogens is 1850 g/mol. The molecule has 0 spiro atoms. The minimum atomic E-state index is -0.400. The highest BCUT2D eigenvalue weighted by molar-refractivity contribution is 7.25. The lowest BCUT2D eigenvalue weighted by Crippen LogP contribution is -2.15. The molecule has 0 saturated heterocycles. The highest BCUT2D eigenvalue weighted by Crippen LogP contribution is 2.55. The van der Waals surface area contributed by atoms with Crippen LogP contribution < -0.4 is 0 Å². The van der Waals surface area contributed by atoms with Gasteiger partial charge in [0, 0.05) is 113 Å². The van der Waals surface area contributed by atoms with E-state index in [1.165, 1.54) is 81.4 Å². The number of para-hydroxylation sites is 5. The Balaban J connectivity index is 0.463. The molecule has 1 atom stereocenters. The van der Waals surface area contributed by atoms with Gasteiger partial charge >= 0.3 is 0 Å². The summed E-state index contributed by atoms with van der Waals surface area (Å²) in [6.07, 6.45) is 13.6. The lowest BCUT2D eigenvalue weighted by Gasteiger charge is -2.23. The molecule has 27 aromatic rings. The predicted molar refractivity (Wildman–Crippen MR) is 613 cm³/mol. The van der Waals surface area contributed by atoms with Crippen molar-refractivity contribution in [3.8, 4) is 119 Å². The first kappa shape index (κ1) is 85.6. The second-order valence-corrected chi connectivity index (χ2v) is 42.4. The van der Waals surface area contributed by atoms with E-state index < -0.39 is 5.41 Å². The first-order chi connectivity index (χ1) is 73.7. The third kappa shape index (κ3) is 13.5. The van der Waals surface area contributed by atoms with E-state index in [2.05, 4.69) is 436 Å². The summed E-state index contributed by atoms with van der Waals surface area (Å²) < 4.78 is 22.3. The molecular formula is C135H88N12O2S. The SMILES string of the molecule is CC1(C)c2ccccc2-c2ccc(-c3nc(-c4ccc5c(c4)C(C)(C)c4cc(-c6cccc(-c7ccc(-c8nc(-c9ccc(-c%10cccc(C%11=CC=C(c%12nc(C%13C=CC(c%14ccccc%14)=CC%13)nc(-n%13c%14ccccc%14c%14cc%15oc%16ccccc%16c%15cc%14%13)n%12)CC%11)c%10)cc9)nc(-n9c%10ccccc%10c%10cc%11oc%12ccccc%12c%11cc%109)n8)cc7)c6)ccc4-5)nc(-n4c5ccccc5c5cc6sc7ccccc7c6cc54)n3)cc21. The van der Waals surface area contributed by atoms with Gasteiger partial charge in [-0.15, -0.1) is 11.3 Å². The highest BCUT2D eigenvalue weighted by atomic mass is 32.1. The third-order valence-electron chi connectivity index (χ3n) is 32.1. The molecule has 0 N–H and O–H groups in total. The Kier molecular flexibility index (Phi) is 18.7. The van der Waals surface area contributed by atoms with Crippen molar-refractivity contribution in [2.75, 3.05) is 0 Å². The van der Waals surface area contributed by atoms with Gasteiger partial charge in [-0.3, -0.25) is 13.7 Å². The van der Waals surface area contributed by atoms with Crippen molar-refractivity contribution in [1.29, 1.82) is 0 Å². The van der Waals surface area contributed by atoms with Gasteiger partial charge in [-0.05, 0) is 228 Å². The van der Waals surface area contributed by atoms with Crippen LogP contribution in [0, 0.1) is 0 Å². The number of allylic oxidation sites excluding steroid dienone is 8. The van der Waals surface area contributed by atoms with Gasteiger partial charge in [-0.2, -0.15) is 29.9 Å². The van der Waals surface area contributed by atoms with Crippen LogP contribution in [0.15, 0.2) is 427 Å². The lowest BCUT2D eigenvalue weighted by molar-refractivity contribution is 0.660. The van der Waals surface area contributed by atoms with Crippen molar-refractivity contribution >= 4 is 158 Å². The van der Waals surface area contributed by atoms with Crippen molar-refractivity contribution < 1.29 is 8.83 Å². The third-order valence-corrected chi connectivity index (χ3v) is 33.3. The zero-order valence-corrected chi connectivity index (χ0v) is 82.9. The number of benzene rings is 18. The number of hydrogen-bond donors (Lipinski definition) is 0. The number of hydrogen-bond acceptors (Lipinski definition) is 12. The Hall–Kier alpha value is -18.8. The van der Waals surface area contributed by atoms with Crippen LogP contribution >= 0.6 is 11.3 Å². The van der Waals surface area contributed by atoms with Crippen LogP contribution in [0.25, 0.3) is 265 Å². The standard InChI is InChI=1S/C135H88N12O2S/c1-134(2)109-37-15-8-30-93(109)94-64-61-91(69-111(94)134)129-138-130(144-133(143-129)147-115-40-18-11-33-99(115)105-76-124-108(73-118(105)147)102-36-14-21-43-123(102)150-124)92-62-65-96-95-63-60-90(68-110(95)135(3,4)112(96)70-92)89-29-23-28-88(67-89)81-50-58-85(59-51-81)128-137-127(141-132(142-128)146-114-39-17-10-32-98(114)104-75-122-107(72-117(104)146)101-35-13-20-42-120(101)149-122)84-56-48-80(49-57-84)87-27-22-26-86(66-87)79-46-54-83(55-47-79)126-136-125(82-52-44-78(45-53-82)77-24-6-5-7-25-77)139-131(140-126)145-113-38-16-9-31-97(113)103-74-121-106(71-116(103)145)100-34-12-19-41-119(100)148-121/h5-46,48-52,54,56-76,82H,47,53,55H2,1-4H3. The Morgan fingerprint density at radius 2 is 0.653 bits per heavy atom. The summed E-state index contributed by atoms with van der Waals surface area (Å²) in [4.78, 5) is 49.5. The maximum atomic E-state index is 6.57. The molecule has 9 aromatic heterocycles. The van der Waals surface area contributed by atoms with E-state index in [9.17, 15) is 0 Å². The number of thiophene rings is 1. The number of fused-ring (bicyclic) bond motifs is 24. The first-order valence-corrected chi connectivity index (χ1v) is 52.2. The number of furan rings is 2. The highest BCUT2D eigenvalue weighted by Gasteiger charge is 2.39. The molecule has 0 fully saturated rings. The largest absolute Gasteiger partial charge is 0.456 e. The van der Waals surface area contributed by atoms with E-state index >= 15 is 0 Å². The summed E-state index contributed by atoms with van der Waals surface area (Å²) in [5, 5.41) is 13.2. The summed E-state index contributed by atoms with van der Waals surface area (Å²) in [5.74, 6) is 5.31. The molecule has 706 valence electrons. The average molecular weight is 1940 g/mol. The second kappa shape index (κ2) is 32.8. The molecule has 0 radical (unpaired) electrons. The maximum Gasteiger partial charge on any atom is 0.238 e. The van der Waals surface area contributed by atoms with Gasteiger partial charge < -0.3 is 8.83 Å². The molecule has 150 heavy (non-hydrogen) atoms. The van der Waals surface area contributed by atoms with E-state index in [-0.39, 0.29) is 11.3 Å². The molecule has 9 heterocycles. The van der Waals surface area contributed by atoms with E-state index in [1.54, 1.807) is 0 Å². The minimum absolute atomic E-state index is 0.0699. The van der Waals surface area contributed by atoms with E-state index in [4.69, 9.17) is 53.7 Å². The molecule has 0 saturated carbocycles. The van der Waals surface area contributed by atoms with E-state index in [1.807, 2.05) is 35.6 Å². The fourth-order valence-electron chi connectivity index (χ4n) is 24.5. The monoisotopic (exact) mass is 1940 g/mol. The quantitative estimate of drug-likeness (QED) is 0.102. The Labute approximate surface area is 865 Å². The fraction of sp³-hybridized carbons (Fsp3) is 0.0741. The summed E-state index contributed by atoms with van der Waals surface area (Å²) >= 11 is 1.84. The lowest BCUT2D eigenvalue weighted by atomic mass is 9.81. The number of rotatable bonds is 14. The summed E-state index contributed by atoms with van der Waals surface area (Å²) in [6, 6.07) is 140. The average Bonchev–Trinajstić information content (AvgIpc) is 1.93. The zero-order valence-electron chi connectivity index (χ0n) is 82.1. The molecule has 0 amide bonds. The number of nitrogens with zero attached hydrogens (tertiary/aromatic N) is 12. The maximum absolute atomic E-state index is 6.57. The van der Waals surface area contributed by atoms with Crippen LogP contribution in [-0.4, -0.2) is 58.6 Å². The van der Waals surface area contributed by atoms with Crippen molar-refractivity contribution in [2.45, 2.75) is 63.7 Å². The molecule has 1 unspecified atom stereocenters. The Bertz CT molecular complexity index is 10700. The van der Waals surface area contributed by atoms with Crippen LogP contribution in [0.2, 0.25) is 0 Å². The smallest absolute Gasteiger partial charge is 0.238 e. The predicted octanol–water partition coefficient (Wildman–Crippen LogP) is 34.4. The van der Waals surface area contributed by atoms with Gasteiger partial charge in [-0.25, -0.2) is 15.0 Å². The summed E-state index contributed by atoms with van der Waals surface area (Å²) in [6.45, 7) is 9.38. The van der Waals surface area contributed by atoms with Crippen LogP contribution in [0.1, 0.15) is 97.9 Å². The van der Waals surface area contributed by atoms with Crippen LogP contribution in [0.5, 0.6) is 0 Å². The fourth-order valence-corrected chi connectivity index (χ4v) is 25.6. The van der Waals surface area contributed by atoms with Gasteiger partial charge in [0.05, 0.1) is 33.1 Å². The number of aromatic nitrogens is 12. The molecule has 18 aromatic carbocycles. The zero-order chi connectivity index (χ0) is 99.0. The van der Waals surface area contributed by atoms with Gasteiger partial charge in [0.2, 0.25) is 17.8 Å². The van der Waals surface area contributed by atoms with E-state index in [0.717, 1.165) is 201 Å². The first-order valence-electron chi connectivity index (χ1n) is 51.4. The van der Waals surface area contributed by atoms with Gasteiger partial charge in [0.25, 0.3) is 0 Å². The van der Waals surface area contributed by atoms with Crippen molar-refractivity contribution in [1.82, 2.24) is 58.6 Å². The normalized spacial score (nSPS) is 14.6. The van der Waals surface area contributed by atoms with Gasteiger partial charge in [-0.1, -0.05) is 343 Å². The van der Waals surface area contributed by atoms with Crippen molar-refractivity contribution in [3.05, 3.63) is 464 Å². The van der Waals surface area contributed by atoms with Gasteiger partial charge in [0.15, 0.2) is 29.1 Å². The summed E-state index contributed by atoms with van der Waals surface area (Å²) in [7, 11) is 0. The molecule has 0 bridgehead atoms. The van der Waals surface area contributed by atoms with Crippen LogP contribution in [-0.2, 0) is 10.8 Å². The molecule has 15 heteroatoms. The minimum Gasteiger partial charge on any atom is -0.456 e. The molecule has 0 aliphatic heterocycles. The van der Waals surface area contributed by atoms with Crippen LogP contribution in [0.3, 0.4) is 0 Å². The van der Waals surface area contributed by atoms with E-state index in [0.29, 0.717) is 47.0 Å². The molecule has 4 aliphatic carbocycles. The molecule has 31 rings (SSSR count). The van der Waals surface area contributed by atoms with Crippen molar-refractivity contribution in [2.24, 2.45) is 0 Å². The van der Waals surface area contributed by atoms with Crippen molar-refractivity contribution in [3.63, 3.8) is 0 Å². The summed E-state index contributed by atoms with van der Waals surface area (Å²) in [5.41, 5.74) is 34.7. The molecule has 4 aliphatic rings. The Morgan fingerprint density at radius 3 is 1.20 bits per heavy atom. The van der Waals surface area contributed by atoms with Gasteiger partial charge in [0.1, 0.15) is 28.2 Å². The topological polar surface area (TPSA) is 157 Å². The molecule has 14 nitrogen and oxygen atoms in total. The Morgan fingerprint density at radius 1 is 0.253 bits per heavy atom. The second-order valence-electron chi connectivity index (χ2n) is 41.3. The van der Waals surface area contributed by atoms with Crippen LogP contribution in [0.4, 0.5) is 0 Å².